The third kappa shape index (κ3) is 4.70. The molecule has 1 atom stereocenters. The maximum Gasteiger partial charge on any atom is 0.413 e. The number of nitrogens with zero attached hydrogens (tertiary/aromatic N) is 6. The van der Waals surface area contributed by atoms with Crippen molar-refractivity contribution in [3.05, 3.63) is 78.6 Å². The molecule has 3 aromatic heterocycles. The van der Waals surface area contributed by atoms with E-state index in [0.717, 1.165) is 11.3 Å². The fourth-order valence-corrected chi connectivity index (χ4v) is 4.45. The van der Waals surface area contributed by atoms with Crippen molar-refractivity contribution in [1.29, 1.82) is 0 Å². The van der Waals surface area contributed by atoms with Gasteiger partial charge in [0.2, 0.25) is 0 Å². The minimum atomic E-state index is -4.40. The number of alkyl halides is 3. The summed E-state index contributed by atoms with van der Waals surface area (Å²) in [6, 6.07) is 14.8. The van der Waals surface area contributed by atoms with Gasteiger partial charge in [0.05, 0.1) is 28.9 Å². The maximum atomic E-state index is 13.8. The lowest BCUT2D eigenvalue weighted by Gasteiger charge is -2.30. The summed E-state index contributed by atoms with van der Waals surface area (Å²) < 4.78 is 43.1. The number of hydrogen-bond acceptors (Lipinski definition) is 8. The summed E-state index contributed by atoms with van der Waals surface area (Å²) >= 11 is 0. The molecule has 4 heterocycles. The number of nitrogens with one attached hydrogen (secondary N) is 2. The third-order valence-electron chi connectivity index (χ3n) is 6.75. The van der Waals surface area contributed by atoms with E-state index in [-0.39, 0.29) is 25.4 Å². The van der Waals surface area contributed by atoms with Crippen LogP contribution >= 0.6 is 0 Å². The number of rotatable bonds is 6. The first-order valence-electron chi connectivity index (χ1n) is 12.1. The van der Waals surface area contributed by atoms with Crippen LogP contribution in [0.3, 0.4) is 0 Å². The first-order chi connectivity index (χ1) is 18.3. The summed E-state index contributed by atoms with van der Waals surface area (Å²) in [7, 11) is 0. The molecule has 194 valence electrons. The van der Waals surface area contributed by atoms with E-state index in [1.165, 1.54) is 6.33 Å². The van der Waals surface area contributed by atoms with Gasteiger partial charge in [-0.2, -0.15) is 18.3 Å². The summed E-state index contributed by atoms with van der Waals surface area (Å²) in [5.41, 5.74) is 8.23. The fourth-order valence-electron chi connectivity index (χ4n) is 4.45. The SMILES string of the molecule is Nc1ccc(-c2ccc3c(n2)C(=NC2(C(F)(F)F)CC2)CC(NCc2ccc(-n4cncn4)cc2)N3)cn1. The normalized spacial score (nSPS) is 19.1. The van der Waals surface area contributed by atoms with Gasteiger partial charge in [-0.15, -0.1) is 0 Å². The van der Waals surface area contributed by atoms with Gasteiger partial charge >= 0.3 is 6.18 Å². The maximum absolute atomic E-state index is 13.8. The Bertz CT molecular complexity index is 1460. The quantitative estimate of drug-likeness (QED) is 0.351. The van der Waals surface area contributed by atoms with Gasteiger partial charge in [0.25, 0.3) is 0 Å². The molecule has 1 aliphatic carbocycles. The van der Waals surface area contributed by atoms with E-state index in [1.807, 2.05) is 30.3 Å². The summed E-state index contributed by atoms with van der Waals surface area (Å²) in [5.74, 6) is 0.374. The molecule has 4 N–H and O–H groups in total. The van der Waals surface area contributed by atoms with Gasteiger partial charge in [0, 0.05) is 24.7 Å². The lowest BCUT2D eigenvalue weighted by Crippen LogP contribution is -2.42. The van der Waals surface area contributed by atoms with Crippen molar-refractivity contribution in [2.75, 3.05) is 11.1 Å². The predicted octanol–water partition coefficient (Wildman–Crippen LogP) is 4.12. The molecule has 0 radical (unpaired) electrons. The van der Waals surface area contributed by atoms with Crippen LogP contribution in [0.1, 0.15) is 30.5 Å². The second-order valence-corrected chi connectivity index (χ2v) is 9.44. The fraction of sp³-hybridized carbons (Fsp3) is 0.269. The Labute approximate surface area is 216 Å². The lowest BCUT2D eigenvalue weighted by molar-refractivity contribution is -0.155. The molecule has 6 rings (SSSR count). The van der Waals surface area contributed by atoms with Crippen LogP contribution in [-0.4, -0.2) is 48.3 Å². The number of fused-ring (bicyclic) bond motifs is 1. The van der Waals surface area contributed by atoms with Crippen LogP contribution in [0.15, 0.2) is 72.4 Å². The highest BCUT2D eigenvalue weighted by Crippen LogP contribution is 2.53. The van der Waals surface area contributed by atoms with Gasteiger partial charge in [-0.25, -0.2) is 19.6 Å². The number of aliphatic imine (C=N–C) groups is 1. The van der Waals surface area contributed by atoms with E-state index in [1.54, 1.807) is 35.4 Å². The first-order valence-corrected chi connectivity index (χ1v) is 12.1. The van der Waals surface area contributed by atoms with Crippen LogP contribution in [-0.2, 0) is 6.54 Å². The first kappa shape index (κ1) is 24.0. The number of halogens is 3. The molecule has 1 fully saturated rings. The van der Waals surface area contributed by atoms with Gasteiger partial charge in [-0.05, 0) is 54.8 Å². The molecule has 38 heavy (non-hydrogen) atoms. The van der Waals surface area contributed by atoms with Gasteiger partial charge in [-0.3, -0.25) is 10.3 Å². The molecule has 12 heteroatoms. The Morgan fingerprint density at radius 2 is 1.92 bits per heavy atom. The third-order valence-corrected chi connectivity index (χ3v) is 6.75. The van der Waals surface area contributed by atoms with Crippen LogP contribution in [0.5, 0.6) is 0 Å². The lowest BCUT2D eigenvalue weighted by atomic mass is 10.0. The molecule has 9 nitrogen and oxygen atoms in total. The zero-order valence-electron chi connectivity index (χ0n) is 20.2. The zero-order chi connectivity index (χ0) is 26.3. The minimum Gasteiger partial charge on any atom is -0.384 e. The number of benzene rings is 1. The second-order valence-electron chi connectivity index (χ2n) is 9.44. The average Bonchev–Trinajstić information content (AvgIpc) is 3.51. The highest BCUT2D eigenvalue weighted by molar-refractivity contribution is 6.06. The van der Waals surface area contributed by atoms with E-state index < -0.39 is 11.7 Å². The van der Waals surface area contributed by atoms with Crippen molar-refractivity contribution in [2.24, 2.45) is 4.99 Å². The van der Waals surface area contributed by atoms with Crippen molar-refractivity contribution < 1.29 is 13.2 Å². The predicted molar refractivity (Wildman–Crippen MR) is 137 cm³/mol. The standard InChI is InChI=1S/C26H24F3N9/c27-26(28,29)25(9-10-25)37-21-11-23(33-12-16-1-4-18(5-2-16)38-15-31-14-34-38)35-20-7-6-19(36-24(20)21)17-3-8-22(30)32-13-17/h1-8,13-15,23,33,35H,9-12H2,(H2,30,32). The summed E-state index contributed by atoms with van der Waals surface area (Å²) in [4.78, 5) is 17.0. The van der Waals surface area contributed by atoms with E-state index in [2.05, 4.69) is 30.7 Å². The summed E-state index contributed by atoms with van der Waals surface area (Å²) in [5, 5.41) is 10.9. The molecule has 0 bridgehead atoms. The van der Waals surface area contributed by atoms with Crippen molar-refractivity contribution in [3.8, 4) is 16.9 Å². The molecule has 1 aromatic carbocycles. The molecule has 2 aliphatic rings. The largest absolute Gasteiger partial charge is 0.413 e. The number of hydrogen-bond donors (Lipinski definition) is 3. The number of nitrogens with two attached hydrogens (primary N) is 1. The molecule has 1 aliphatic heterocycles. The van der Waals surface area contributed by atoms with E-state index >= 15 is 0 Å². The molecular weight excluding hydrogens is 495 g/mol. The number of aromatic nitrogens is 5. The number of anilines is 2. The van der Waals surface area contributed by atoms with Crippen molar-refractivity contribution >= 4 is 17.2 Å². The number of nitrogen functional groups attached to an aromatic ring is 1. The molecule has 1 saturated carbocycles. The summed E-state index contributed by atoms with van der Waals surface area (Å²) in [6.45, 7) is 0.505. The van der Waals surface area contributed by atoms with E-state index in [4.69, 9.17) is 10.7 Å². The molecule has 1 unspecified atom stereocenters. The monoisotopic (exact) mass is 519 g/mol. The minimum absolute atomic E-state index is 0.0133. The Morgan fingerprint density at radius 1 is 1.11 bits per heavy atom. The summed E-state index contributed by atoms with van der Waals surface area (Å²) in [6.07, 6.45) is 0.168. The van der Waals surface area contributed by atoms with Crippen LogP contribution in [0.4, 0.5) is 24.7 Å². The zero-order valence-corrected chi connectivity index (χ0v) is 20.2. The smallest absolute Gasteiger partial charge is 0.384 e. The van der Waals surface area contributed by atoms with E-state index in [9.17, 15) is 13.2 Å². The average molecular weight is 520 g/mol. The van der Waals surface area contributed by atoms with Crippen LogP contribution < -0.4 is 16.4 Å². The van der Waals surface area contributed by atoms with Gasteiger partial charge in [-0.1, -0.05) is 12.1 Å². The van der Waals surface area contributed by atoms with Crippen molar-refractivity contribution in [1.82, 2.24) is 30.0 Å². The van der Waals surface area contributed by atoms with Crippen molar-refractivity contribution in [3.63, 3.8) is 0 Å². The Kier molecular flexibility index (Phi) is 5.83. The van der Waals surface area contributed by atoms with Gasteiger partial charge < -0.3 is 11.1 Å². The van der Waals surface area contributed by atoms with Gasteiger partial charge in [0.1, 0.15) is 24.2 Å². The second kappa shape index (κ2) is 9.21. The van der Waals surface area contributed by atoms with Crippen molar-refractivity contribution in [2.45, 2.75) is 43.7 Å². The Morgan fingerprint density at radius 3 is 2.58 bits per heavy atom. The highest BCUT2D eigenvalue weighted by Gasteiger charge is 2.64. The van der Waals surface area contributed by atoms with Crippen LogP contribution in [0, 0.1) is 0 Å². The molecule has 0 spiro atoms. The molecule has 0 saturated heterocycles. The highest BCUT2D eigenvalue weighted by atomic mass is 19.4. The Hall–Kier alpha value is -4.32. The molecular formula is C26H24F3N9. The van der Waals surface area contributed by atoms with E-state index in [0.29, 0.717) is 40.7 Å². The van der Waals surface area contributed by atoms with Gasteiger partial charge in [0.15, 0.2) is 5.54 Å². The topological polar surface area (TPSA) is 119 Å². The number of pyridine rings is 2. The molecule has 4 aromatic rings. The molecule has 0 amide bonds. The van der Waals surface area contributed by atoms with Crippen LogP contribution in [0.25, 0.3) is 16.9 Å². The van der Waals surface area contributed by atoms with Crippen LogP contribution in [0.2, 0.25) is 0 Å². The Balaban J connectivity index is 1.26.